The van der Waals surface area contributed by atoms with E-state index in [4.69, 9.17) is 10.00 Å². The molecule has 0 aliphatic carbocycles. The third kappa shape index (κ3) is 4.21. The van der Waals surface area contributed by atoms with E-state index in [0.29, 0.717) is 11.4 Å². The van der Waals surface area contributed by atoms with E-state index in [9.17, 15) is 4.79 Å². The molecule has 0 spiro atoms. The number of nitrogens with zero attached hydrogens (tertiary/aromatic N) is 2. The standard InChI is InChI=1S/C20H15N3O2/c21-12-14-25-17-9-6-15(7-10-17)8-11-19(24)23-18-5-1-3-16-4-2-13-22-20(16)18/h1-11,13H,14H2,(H,23,24)/b11-8+. The van der Waals surface area contributed by atoms with Crippen molar-refractivity contribution in [3.63, 3.8) is 0 Å². The van der Waals surface area contributed by atoms with Gasteiger partial charge in [-0.05, 0) is 35.9 Å². The topological polar surface area (TPSA) is 75.0 Å². The second-order valence-corrected chi connectivity index (χ2v) is 5.22. The lowest BCUT2D eigenvalue weighted by atomic mass is 10.2. The molecule has 25 heavy (non-hydrogen) atoms. The summed E-state index contributed by atoms with van der Waals surface area (Å²) in [5, 5.41) is 12.3. The van der Waals surface area contributed by atoms with Gasteiger partial charge in [0.15, 0.2) is 6.61 Å². The van der Waals surface area contributed by atoms with E-state index in [2.05, 4.69) is 10.3 Å². The number of ether oxygens (including phenoxy) is 1. The third-order valence-corrected chi connectivity index (χ3v) is 3.50. The Bertz CT molecular complexity index is 951. The van der Waals surface area contributed by atoms with Gasteiger partial charge in [0.1, 0.15) is 11.8 Å². The predicted octanol–water partition coefficient (Wildman–Crippen LogP) is 3.79. The Morgan fingerprint density at radius 1 is 1.16 bits per heavy atom. The molecule has 0 radical (unpaired) electrons. The highest BCUT2D eigenvalue weighted by Gasteiger charge is 2.04. The van der Waals surface area contributed by atoms with Crippen molar-refractivity contribution in [3.05, 3.63) is 72.4 Å². The lowest BCUT2D eigenvalue weighted by Crippen LogP contribution is -2.08. The van der Waals surface area contributed by atoms with Crippen LogP contribution < -0.4 is 10.1 Å². The van der Waals surface area contributed by atoms with Gasteiger partial charge in [-0.15, -0.1) is 0 Å². The first-order valence-electron chi connectivity index (χ1n) is 7.69. The van der Waals surface area contributed by atoms with Crippen molar-refractivity contribution in [2.75, 3.05) is 11.9 Å². The number of fused-ring (bicyclic) bond motifs is 1. The van der Waals surface area contributed by atoms with Gasteiger partial charge in [0, 0.05) is 17.7 Å². The Labute approximate surface area is 145 Å². The van der Waals surface area contributed by atoms with Gasteiger partial charge in [0.25, 0.3) is 0 Å². The van der Waals surface area contributed by atoms with Gasteiger partial charge in [-0.3, -0.25) is 9.78 Å². The number of amides is 1. The van der Waals surface area contributed by atoms with Gasteiger partial charge in [-0.2, -0.15) is 5.26 Å². The predicted molar refractivity (Wildman–Crippen MR) is 97.0 cm³/mol. The third-order valence-electron chi connectivity index (χ3n) is 3.50. The fourth-order valence-corrected chi connectivity index (χ4v) is 2.34. The maximum absolute atomic E-state index is 12.2. The van der Waals surface area contributed by atoms with Crippen LogP contribution in [0.25, 0.3) is 17.0 Å². The first-order valence-corrected chi connectivity index (χ1v) is 7.69. The maximum Gasteiger partial charge on any atom is 0.248 e. The molecule has 0 unspecified atom stereocenters. The number of rotatable bonds is 5. The largest absolute Gasteiger partial charge is 0.479 e. The van der Waals surface area contributed by atoms with Crippen molar-refractivity contribution in [1.82, 2.24) is 4.98 Å². The number of anilines is 1. The Kier molecular flexibility index (Phi) is 5.03. The van der Waals surface area contributed by atoms with E-state index in [0.717, 1.165) is 16.5 Å². The number of hydrogen-bond donors (Lipinski definition) is 1. The lowest BCUT2D eigenvalue weighted by Gasteiger charge is -2.05. The van der Waals surface area contributed by atoms with Crippen LogP contribution in [0, 0.1) is 11.3 Å². The summed E-state index contributed by atoms with van der Waals surface area (Å²) in [6.45, 7) is 0.0106. The second-order valence-electron chi connectivity index (χ2n) is 5.22. The summed E-state index contributed by atoms with van der Waals surface area (Å²) in [5.74, 6) is 0.382. The lowest BCUT2D eigenvalue weighted by molar-refractivity contribution is -0.111. The molecule has 0 bridgehead atoms. The number of aromatic nitrogens is 1. The monoisotopic (exact) mass is 329 g/mol. The summed E-state index contributed by atoms with van der Waals surface area (Å²) in [7, 11) is 0. The summed E-state index contributed by atoms with van der Waals surface area (Å²) < 4.78 is 5.18. The van der Waals surface area contributed by atoms with E-state index in [1.165, 1.54) is 6.08 Å². The van der Waals surface area contributed by atoms with Crippen LogP contribution in [0.1, 0.15) is 5.56 Å². The molecule has 2 aromatic carbocycles. The molecule has 0 saturated heterocycles. The molecular formula is C20H15N3O2. The van der Waals surface area contributed by atoms with E-state index in [-0.39, 0.29) is 12.5 Å². The molecule has 1 aromatic heterocycles. The van der Waals surface area contributed by atoms with Gasteiger partial charge < -0.3 is 10.1 Å². The van der Waals surface area contributed by atoms with E-state index >= 15 is 0 Å². The smallest absolute Gasteiger partial charge is 0.248 e. The van der Waals surface area contributed by atoms with Crippen molar-refractivity contribution < 1.29 is 9.53 Å². The van der Waals surface area contributed by atoms with Crippen LogP contribution in [0.2, 0.25) is 0 Å². The molecule has 3 aromatic rings. The van der Waals surface area contributed by atoms with Crippen molar-refractivity contribution >= 4 is 28.6 Å². The van der Waals surface area contributed by atoms with Crippen LogP contribution >= 0.6 is 0 Å². The number of benzene rings is 2. The number of nitrogens with one attached hydrogen (secondary N) is 1. The fraction of sp³-hybridized carbons (Fsp3) is 0.0500. The Morgan fingerprint density at radius 2 is 1.96 bits per heavy atom. The van der Waals surface area contributed by atoms with E-state index in [1.54, 1.807) is 24.4 Å². The summed E-state index contributed by atoms with van der Waals surface area (Å²) in [4.78, 5) is 16.5. The normalized spacial score (nSPS) is 10.5. The molecule has 0 aliphatic heterocycles. The molecule has 5 heteroatoms. The Morgan fingerprint density at radius 3 is 2.76 bits per heavy atom. The molecule has 0 fully saturated rings. The van der Waals surface area contributed by atoms with Gasteiger partial charge in [0.05, 0.1) is 11.2 Å². The summed E-state index contributed by atoms with van der Waals surface area (Å²) in [5.41, 5.74) is 2.29. The second kappa shape index (κ2) is 7.75. The first-order chi connectivity index (χ1) is 12.3. The zero-order chi connectivity index (χ0) is 17.5. The van der Waals surface area contributed by atoms with Crippen LogP contribution in [0.15, 0.2) is 66.9 Å². The number of carbonyl (C=O) groups excluding carboxylic acids is 1. The first kappa shape index (κ1) is 16.2. The van der Waals surface area contributed by atoms with E-state index in [1.807, 2.05) is 48.5 Å². The molecule has 0 saturated carbocycles. The van der Waals surface area contributed by atoms with E-state index < -0.39 is 0 Å². The van der Waals surface area contributed by atoms with Gasteiger partial charge >= 0.3 is 0 Å². The van der Waals surface area contributed by atoms with Crippen LogP contribution in [-0.4, -0.2) is 17.5 Å². The number of pyridine rings is 1. The molecule has 1 heterocycles. The average Bonchev–Trinajstić information content (AvgIpc) is 2.66. The highest BCUT2D eigenvalue weighted by molar-refractivity contribution is 6.06. The van der Waals surface area contributed by atoms with Gasteiger partial charge in [-0.1, -0.05) is 30.3 Å². The average molecular weight is 329 g/mol. The molecule has 3 rings (SSSR count). The summed E-state index contributed by atoms with van der Waals surface area (Å²) >= 11 is 0. The Balaban J connectivity index is 1.67. The van der Waals surface area contributed by atoms with Crippen molar-refractivity contribution in [2.24, 2.45) is 0 Å². The molecule has 122 valence electrons. The number of para-hydroxylation sites is 1. The number of nitriles is 1. The van der Waals surface area contributed by atoms with Gasteiger partial charge in [-0.25, -0.2) is 0 Å². The number of carbonyl (C=O) groups is 1. The highest BCUT2D eigenvalue weighted by Crippen LogP contribution is 2.20. The number of hydrogen-bond acceptors (Lipinski definition) is 4. The van der Waals surface area contributed by atoms with Crippen molar-refractivity contribution in [2.45, 2.75) is 0 Å². The summed E-state index contributed by atoms with van der Waals surface area (Å²) in [6, 6.07) is 18.5. The van der Waals surface area contributed by atoms with Crippen LogP contribution in [0.4, 0.5) is 5.69 Å². The van der Waals surface area contributed by atoms with Crippen LogP contribution in [0.5, 0.6) is 5.75 Å². The van der Waals surface area contributed by atoms with Crippen molar-refractivity contribution in [3.8, 4) is 11.8 Å². The van der Waals surface area contributed by atoms with Crippen molar-refractivity contribution in [1.29, 1.82) is 5.26 Å². The Hall–Kier alpha value is -3.65. The minimum absolute atomic E-state index is 0.0106. The van der Waals surface area contributed by atoms with Gasteiger partial charge in [0.2, 0.25) is 5.91 Å². The van der Waals surface area contributed by atoms with Crippen LogP contribution in [-0.2, 0) is 4.79 Å². The fourth-order valence-electron chi connectivity index (χ4n) is 2.34. The minimum Gasteiger partial charge on any atom is -0.479 e. The quantitative estimate of drug-likeness (QED) is 0.723. The SMILES string of the molecule is N#CCOc1ccc(/C=C/C(=O)Nc2cccc3cccnc23)cc1. The maximum atomic E-state index is 12.2. The minimum atomic E-state index is -0.233. The zero-order valence-corrected chi connectivity index (χ0v) is 13.3. The molecule has 1 amide bonds. The summed E-state index contributed by atoms with van der Waals surface area (Å²) in [6.07, 6.45) is 4.87. The molecule has 0 aliphatic rings. The molecule has 1 N–H and O–H groups in total. The molecule has 0 atom stereocenters. The zero-order valence-electron chi connectivity index (χ0n) is 13.3. The highest BCUT2D eigenvalue weighted by atomic mass is 16.5. The molecular weight excluding hydrogens is 314 g/mol. The molecule has 5 nitrogen and oxygen atoms in total. The van der Waals surface area contributed by atoms with Crippen LogP contribution in [0.3, 0.4) is 0 Å².